The number of halogens is 2. The number of ether oxygens (including phenoxy) is 1. The van der Waals surface area contributed by atoms with Crippen molar-refractivity contribution in [2.45, 2.75) is 12.5 Å². The summed E-state index contributed by atoms with van der Waals surface area (Å²) >= 11 is 0. The Kier molecular flexibility index (Phi) is 3.83. The quantitative estimate of drug-likeness (QED) is 0.810. The SMILES string of the molecule is COc1ccc([C@H](N)CCF)cc1F. The van der Waals surface area contributed by atoms with Crippen LogP contribution in [0.5, 0.6) is 5.75 Å². The summed E-state index contributed by atoms with van der Waals surface area (Å²) in [6, 6.07) is 3.95. The molecule has 0 aliphatic rings. The fraction of sp³-hybridized carbons (Fsp3) is 0.400. The van der Waals surface area contributed by atoms with Crippen LogP contribution in [-0.4, -0.2) is 13.8 Å². The number of nitrogens with two attached hydrogens (primary N) is 1. The number of benzene rings is 1. The summed E-state index contributed by atoms with van der Waals surface area (Å²) in [5.74, 6) is -0.305. The second kappa shape index (κ2) is 4.91. The molecule has 0 bridgehead atoms. The molecule has 1 atom stereocenters. The van der Waals surface area contributed by atoms with Gasteiger partial charge in [-0.1, -0.05) is 6.07 Å². The summed E-state index contributed by atoms with van der Waals surface area (Å²) in [4.78, 5) is 0. The van der Waals surface area contributed by atoms with Gasteiger partial charge in [-0.05, 0) is 24.1 Å². The van der Waals surface area contributed by atoms with Crippen molar-refractivity contribution in [3.8, 4) is 5.75 Å². The molecule has 0 radical (unpaired) electrons. The van der Waals surface area contributed by atoms with E-state index in [1.165, 1.54) is 19.2 Å². The van der Waals surface area contributed by atoms with Crippen LogP contribution in [0.4, 0.5) is 8.78 Å². The second-order valence-corrected chi connectivity index (χ2v) is 2.98. The number of rotatable bonds is 4. The molecule has 1 rings (SSSR count). The maximum absolute atomic E-state index is 13.2. The molecule has 2 nitrogen and oxygen atoms in total. The van der Waals surface area contributed by atoms with Gasteiger partial charge in [0.1, 0.15) is 0 Å². The third-order valence-electron chi connectivity index (χ3n) is 2.02. The molecular weight excluding hydrogens is 188 g/mol. The van der Waals surface area contributed by atoms with E-state index in [-0.39, 0.29) is 12.2 Å². The molecule has 0 saturated carbocycles. The molecule has 0 heterocycles. The van der Waals surface area contributed by atoms with Crippen molar-refractivity contribution in [2.24, 2.45) is 5.73 Å². The molecule has 0 fully saturated rings. The van der Waals surface area contributed by atoms with Crippen LogP contribution >= 0.6 is 0 Å². The third-order valence-corrected chi connectivity index (χ3v) is 2.02. The van der Waals surface area contributed by atoms with Gasteiger partial charge in [-0.25, -0.2) is 4.39 Å². The van der Waals surface area contributed by atoms with E-state index in [9.17, 15) is 8.78 Å². The Morgan fingerprint density at radius 3 is 2.71 bits per heavy atom. The Bertz CT molecular complexity index is 304. The number of alkyl halides is 1. The highest BCUT2D eigenvalue weighted by atomic mass is 19.1. The minimum atomic E-state index is -0.505. The lowest BCUT2D eigenvalue weighted by Crippen LogP contribution is -2.11. The average molecular weight is 201 g/mol. The van der Waals surface area contributed by atoms with E-state index in [0.29, 0.717) is 5.56 Å². The zero-order chi connectivity index (χ0) is 10.6. The smallest absolute Gasteiger partial charge is 0.165 e. The van der Waals surface area contributed by atoms with E-state index in [0.717, 1.165) is 0 Å². The van der Waals surface area contributed by atoms with Crippen molar-refractivity contribution in [1.82, 2.24) is 0 Å². The summed E-state index contributed by atoms with van der Waals surface area (Å²) in [5, 5.41) is 0. The van der Waals surface area contributed by atoms with Gasteiger partial charge in [0.05, 0.1) is 13.8 Å². The van der Waals surface area contributed by atoms with Crippen LogP contribution in [0, 0.1) is 5.82 Å². The van der Waals surface area contributed by atoms with E-state index in [1.807, 2.05) is 0 Å². The molecule has 2 N–H and O–H groups in total. The summed E-state index contributed by atoms with van der Waals surface area (Å²) in [6.07, 6.45) is 0.200. The van der Waals surface area contributed by atoms with E-state index in [4.69, 9.17) is 10.5 Å². The van der Waals surface area contributed by atoms with E-state index in [1.54, 1.807) is 6.07 Å². The predicted molar refractivity (Wildman–Crippen MR) is 50.5 cm³/mol. The Morgan fingerprint density at radius 1 is 1.50 bits per heavy atom. The Morgan fingerprint density at radius 2 is 2.21 bits per heavy atom. The van der Waals surface area contributed by atoms with Crippen molar-refractivity contribution >= 4 is 0 Å². The molecule has 4 heteroatoms. The number of hydrogen-bond donors (Lipinski definition) is 1. The van der Waals surface area contributed by atoms with Gasteiger partial charge in [0.15, 0.2) is 11.6 Å². The summed E-state index contributed by atoms with van der Waals surface area (Å²) in [7, 11) is 1.39. The average Bonchev–Trinajstić information content (AvgIpc) is 2.18. The first kappa shape index (κ1) is 10.9. The first-order valence-corrected chi connectivity index (χ1v) is 4.34. The van der Waals surface area contributed by atoms with Gasteiger partial charge in [0, 0.05) is 6.04 Å². The molecular formula is C10H13F2NO. The zero-order valence-corrected chi connectivity index (χ0v) is 7.97. The first-order valence-electron chi connectivity index (χ1n) is 4.34. The summed E-state index contributed by atoms with van der Waals surface area (Å²) < 4.78 is 29.9. The minimum absolute atomic E-state index is 0.168. The minimum Gasteiger partial charge on any atom is -0.494 e. The zero-order valence-electron chi connectivity index (χ0n) is 7.97. The topological polar surface area (TPSA) is 35.2 Å². The fourth-order valence-corrected chi connectivity index (χ4v) is 1.20. The normalized spacial score (nSPS) is 12.6. The Hall–Kier alpha value is -1.16. The maximum atomic E-state index is 13.2. The van der Waals surface area contributed by atoms with Crippen LogP contribution < -0.4 is 10.5 Å². The van der Waals surface area contributed by atoms with Gasteiger partial charge in [-0.2, -0.15) is 0 Å². The van der Waals surface area contributed by atoms with E-state index < -0.39 is 18.5 Å². The van der Waals surface area contributed by atoms with Crippen LogP contribution in [0.1, 0.15) is 18.0 Å². The lowest BCUT2D eigenvalue weighted by atomic mass is 10.1. The van der Waals surface area contributed by atoms with Gasteiger partial charge in [0.2, 0.25) is 0 Å². The van der Waals surface area contributed by atoms with E-state index in [2.05, 4.69) is 0 Å². The molecule has 1 aromatic carbocycles. The number of hydrogen-bond acceptors (Lipinski definition) is 2. The van der Waals surface area contributed by atoms with Gasteiger partial charge >= 0.3 is 0 Å². The van der Waals surface area contributed by atoms with Crippen LogP contribution in [0.3, 0.4) is 0 Å². The fourth-order valence-electron chi connectivity index (χ4n) is 1.20. The molecule has 0 saturated heterocycles. The molecule has 14 heavy (non-hydrogen) atoms. The van der Waals surface area contributed by atoms with Crippen molar-refractivity contribution in [3.63, 3.8) is 0 Å². The van der Waals surface area contributed by atoms with Crippen molar-refractivity contribution < 1.29 is 13.5 Å². The van der Waals surface area contributed by atoms with Gasteiger partial charge in [-0.15, -0.1) is 0 Å². The summed E-state index contributed by atoms with van der Waals surface area (Å²) in [5.41, 5.74) is 6.20. The third kappa shape index (κ3) is 2.42. The van der Waals surface area contributed by atoms with Crippen molar-refractivity contribution in [2.75, 3.05) is 13.8 Å². The van der Waals surface area contributed by atoms with E-state index >= 15 is 0 Å². The van der Waals surface area contributed by atoms with Crippen molar-refractivity contribution in [1.29, 1.82) is 0 Å². The first-order chi connectivity index (χ1) is 6.69. The van der Waals surface area contributed by atoms with Crippen LogP contribution in [-0.2, 0) is 0 Å². The standard InChI is InChI=1S/C10H13F2NO/c1-14-10-3-2-7(6-8(10)12)9(13)4-5-11/h2-3,6,9H,4-5,13H2,1H3/t9-/m1/s1. The largest absolute Gasteiger partial charge is 0.494 e. The molecule has 0 aliphatic carbocycles. The van der Waals surface area contributed by atoms with Gasteiger partial charge in [0.25, 0.3) is 0 Å². The lowest BCUT2D eigenvalue weighted by Gasteiger charge is -2.10. The monoisotopic (exact) mass is 201 g/mol. The van der Waals surface area contributed by atoms with Crippen LogP contribution in [0.15, 0.2) is 18.2 Å². The van der Waals surface area contributed by atoms with Crippen molar-refractivity contribution in [3.05, 3.63) is 29.6 Å². The van der Waals surface area contributed by atoms with Crippen LogP contribution in [0.25, 0.3) is 0 Å². The maximum Gasteiger partial charge on any atom is 0.165 e. The highest BCUT2D eigenvalue weighted by Gasteiger charge is 2.09. The highest BCUT2D eigenvalue weighted by molar-refractivity contribution is 5.30. The van der Waals surface area contributed by atoms with Gasteiger partial charge < -0.3 is 10.5 Å². The second-order valence-electron chi connectivity index (χ2n) is 2.98. The predicted octanol–water partition coefficient (Wildman–Crippen LogP) is 2.19. The number of methoxy groups -OCH3 is 1. The van der Waals surface area contributed by atoms with Gasteiger partial charge in [-0.3, -0.25) is 4.39 Å². The summed E-state index contributed by atoms with van der Waals surface area (Å²) in [6.45, 7) is -0.505. The molecule has 0 spiro atoms. The lowest BCUT2D eigenvalue weighted by molar-refractivity contribution is 0.385. The molecule has 1 aromatic rings. The highest BCUT2D eigenvalue weighted by Crippen LogP contribution is 2.22. The molecule has 0 unspecified atom stereocenters. The Labute approximate surface area is 81.7 Å². The molecule has 0 aliphatic heterocycles. The molecule has 78 valence electrons. The Balaban J connectivity index is 2.85. The van der Waals surface area contributed by atoms with Crippen LogP contribution in [0.2, 0.25) is 0 Å². The molecule has 0 aromatic heterocycles. The molecule has 0 amide bonds.